The Balaban J connectivity index is 1.92. The predicted octanol–water partition coefficient (Wildman–Crippen LogP) is 4.42. The van der Waals surface area contributed by atoms with E-state index in [1.54, 1.807) is 55.3 Å². The number of nitrogens with zero attached hydrogens (tertiary/aromatic N) is 1. The van der Waals surface area contributed by atoms with Crippen molar-refractivity contribution in [2.24, 2.45) is 0 Å². The van der Waals surface area contributed by atoms with Crippen LogP contribution in [0.25, 0.3) is 0 Å². The quantitative estimate of drug-likeness (QED) is 0.316. The third-order valence-corrected chi connectivity index (χ3v) is 5.19. The Hall–Kier alpha value is -3.30. The van der Waals surface area contributed by atoms with Gasteiger partial charge in [0.2, 0.25) is 0 Å². The zero-order valence-electron chi connectivity index (χ0n) is 21.3. The molecule has 0 saturated carbocycles. The van der Waals surface area contributed by atoms with Crippen LogP contribution in [0.1, 0.15) is 32.3 Å². The fraction of sp³-hybridized carbons (Fsp3) is 0.481. The SMILES string of the molecule is CCCOCCCN(CCOc1ccc(CC(OCC)C(=O)O)cc1)C(=O)Oc1cccc(OC)c1. The zero-order chi connectivity index (χ0) is 26.2. The van der Waals surface area contributed by atoms with Gasteiger partial charge >= 0.3 is 12.1 Å². The minimum absolute atomic E-state index is 0.263. The van der Waals surface area contributed by atoms with Gasteiger partial charge in [0.15, 0.2) is 6.10 Å². The van der Waals surface area contributed by atoms with Crippen LogP contribution < -0.4 is 14.2 Å². The summed E-state index contributed by atoms with van der Waals surface area (Å²) < 4.78 is 27.4. The van der Waals surface area contributed by atoms with Crippen LogP contribution >= 0.6 is 0 Å². The fourth-order valence-corrected chi connectivity index (χ4v) is 3.36. The number of aliphatic carboxylic acids is 1. The molecule has 1 atom stereocenters. The summed E-state index contributed by atoms with van der Waals surface area (Å²) in [6, 6.07) is 14.0. The molecule has 0 fully saturated rings. The Kier molecular flexibility index (Phi) is 13.2. The number of carboxylic acids is 1. The molecule has 0 saturated heterocycles. The average molecular weight is 504 g/mol. The monoisotopic (exact) mass is 503 g/mol. The number of carboxylic acid groups (broad SMARTS) is 1. The molecular weight excluding hydrogens is 466 g/mol. The van der Waals surface area contributed by atoms with Gasteiger partial charge in [-0.15, -0.1) is 0 Å². The van der Waals surface area contributed by atoms with Crippen molar-refractivity contribution in [3.63, 3.8) is 0 Å². The number of carbonyl (C=O) groups is 2. The standard InChI is InChI=1S/C27H37NO8/c1-4-16-33-17-7-14-28(27(31)36-24-9-6-8-23(20-24)32-3)15-18-35-22-12-10-21(11-13-22)19-25(26(29)30)34-5-2/h6,8-13,20,25H,4-5,7,14-19H2,1-3H3,(H,29,30). The van der Waals surface area contributed by atoms with E-state index in [2.05, 4.69) is 0 Å². The normalized spacial score (nSPS) is 11.5. The first kappa shape index (κ1) is 28.9. The second-order valence-electron chi connectivity index (χ2n) is 7.98. The van der Waals surface area contributed by atoms with Crippen molar-refractivity contribution in [1.82, 2.24) is 4.90 Å². The van der Waals surface area contributed by atoms with Crippen molar-refractivity contribution < 1.29 is 38.4 Å². The predicted molar refractivity (Wildman–Crippen MR) is 135 cm³/mol. The second-order valence-corrected chi connectivity index (χ2v) is 7.98. The molecule has 1 unspecified atom stereocenters. The number of rotatable bonds is 17. The molecule has 0 radical (unpaired) electrons. The van der Waals surface area contributed by atoms with Crippen LogP contribution in [0.3, 0.4) is 0 Å². The number of carbonyl (C=O) groups excluding carboxylic acids is 1. The summed E-state index contributed by atoms with van der Waals surface area (Å²) in [5.41, 5.74) is 0.832. The van der Waals surface area contributed by atoms with Gasteiger partial charge in [0.25, 0.3) is 0 Å². The Morgan fingerprint density at radius 1 is 0.944 bits per heavy atom. The molecule has 9 nitrogen and oxygen atoms in total. The van der Waals surface area contributed by atoms with Crippen LogP contribution in [-0.4, -0.2) is 74.8 Å². The largest absolute Gasteiger partial charge is 0.497 e. The molecule has 0 heterocycles. The first-order valence-corrected chi connectivity index (χ1v) is 12.2. The number of benzene rings is 2. The summed E-state index contributed by atoms with van der Waals surface area (Å²) in [6.07, 6.45) is 0.525. The van der Waals surface area contributed by atoms with Gasteiger partial charge < -0.3 is 33.7 Å². The molecule has 0 aliphatic rings. The molecule has 2 aromatic rings. The molecule has 1 N–H and O–H groups in total. The minimum Gasteiger partial charge on any atom is -0.497 e. The maximum absolute atomic E-state index is 12.8. The highest BCUT2D eigenvalue weighted by Crippen LogP contribution is 2.20. The van der Waals surface area contributed by atoms with Crippen LogP contribution in [0.5, 0.6) is 17.2 Å². The molecule has 36 heavy (non-hydrogen) atoms. The lowest BCUT2D eigenvalue weighted by Gasteiger charge is -2.22. The lowest BCUT2D eigenvalue weighted by atomic mass is 10.1. The number of ether oxygens (including phenoxy) is 5. The van der Waals surface area contributed by atoms with Crippen LogP contribution in [0.4, 0.5) is 4.79 Å². The second kappa shape index (κ2) is 16.4. The third kappa shape index (κ3) is 10.5. The molecule has 0 aromatic heterocycles. The molecule has 0 aliphatic heterocycles. The summed E-state index contributed by atoms with van der Waals surface area (Å²) in [5.74, 6) is 0.630. The lowest BCUT2D eigenvalue weighted by molar-refractivity contribution is -0.149. The minimum atomic E-state index is -0.988. The van der Waals surface area contributed by atoms with E-state index in [1.807, 2.05) is 19.1 Å². The van der Waals surface area contributed by atoms with Crippen molar-refractivity contribution in [1.29, 1.82) is 0 Å². The van der Waals surface area contributed by atoms with E-state index in [-0.39, 0.29) is 13.0 Å². The third-order valence-electron chi connectivity index (χ3n) is 5.19. The lowest BCUT2D eigenvalue weighted by Crippen LogP contribution is -2.38. The number of methoxy groups -OCH3 is 1. The van der Waals surface area contributed by atoms with Crippen molar-refractivity contribution >= 4 is 12.1 Å². The fourth-order valence-electron chi connectivity index (χ4n) is 3.36. The van der Waals surface area contributed by atoms with Crippen LogP contribution in [0, 0.1) is 0 Å². The molecule has 2 rings (SSSR count). The smallest absolute Gasteiger partial charge is 0.415 e. The molecule has 1 amide bonds. The van der Waals surface area contributed by atoms with E-state index in [1.165, 1.54) is 0 Å². The van der Waals surface area contributed by atoms with Gasteiger partial charge in [-0.2, -0.15) is 0 Å². The van der Waals surface area contributed by atoms with Crippen LogP contribution in [0.15, 0.2) is 48.5 Å². The van der Waals surface area contributed by atoms with Gasteiger partial charge in [-0.05, 0) is 49.6 Å². The average Bonchev–Trinajstić information content (AvgIpc) is 2.88. The van der Waals surface area contributed by atoms with Gasteiger partial charge in [-0.1, -0.05) is 25.1 Å². The molecule has 9 heteroatoms. The molecule has 0 aliphatic carbocycles. The van der Waals surface area contributed by atoms with Crippen LogP contribution in [0.2, 0.25) is 0 Å². The van der Waals surface area contributed by atoms with Crippen molar-refractivity contribution in [3.8, 4) is 17.2 Å². The Morgan fingerprint density at radius 2 is 1.69 bits per heavy atom. The van der Waals surface area contributed by atoms with E-state index >= 15 is 0 Å². The summed E-state index contributed by atoms with van der Waals surface area (Å²) in [4.78, 5) is 25.7. The van der Waals surface area contributed by atoms with E-state index in [4.69, 9.17) is 23.7 Å². The molecule has 0 spiro atoms. The number of hydrogen-bond acceptors (Lipinski definition) is 7. The van der Waals surface area contributed by atoms with Gasteiger partial charge in [-0.25, -0.2) is 9.59 Å². The highest BCUT2D eigenvalue weighted by Gasteiger charge is 2.18. The molecule has 0 bridgehead atoms. The highest BCUT2D eigenvalue weighted by atomic mass is 16.6. The zero-order valence-corrected chi connectivity index (χ0v) is 21.3. The molecule has 198 valence electrons. The summed E-state index contributed by atoms with van der Waals surface area (Å²) >= 11 is 0. The van der Waals surface area contributed by atoms with Crippen molar-refractivity contribution in [2.75, 3.05) is 46.6 Å². The maximum atomic E-state index is 12.8. The molecular formula is C27H37NO8. The van der Waals surface area contributed by atoms with Crippen LogP contribution in [-0.2, 0) is 20.7 Å². The summed E-state index contributed by atoms with van der Waals surface area (Å²) in [7, 11) is 1.55. The first-order chi connectivity index (χ1) is 17.5. The van der Waals surface area contributed by atoms with E-state index in [0.717, 1.165) is 12.0 Å². The van der Waals surface area contributed by atoms with Gasteiger partial charge in [0.1, 0.15) is 23.9 Å². The summed E-state index contributed by atoms with van der Waals surface area (Å²) in [6.45, 7) is 6.43. The Morgan fingerprint density at radius 3 is 2.36 bits per heavy atom. The van der Waals surface area contributed by atoms with Crippen molar-refractivity contribution in [3.05, 3.63) is 54.1 Å². The van der Waals surface area contributed by atoms with E-state index in [0.29, 0.717) is 56.6 Å². The van der Waals surface area contributed by atoms with Gasteiger partial charge in [0.05, 0.1) is 13.7 Å². The van der Waals surface area contributed by atoms with E-state index in [9.17, 15) is 14.7 Å². The molecule has 2 aromatic carbocycles. The van der Waals surface area contributed by atoms with Crippen molar-refractivity contribution in [2.45, 2.75) is 39.2 Å². The Bertz CT molecular complexity index is 918. The van der Waals surface area contributed by atoms with E-state index < -0.39 is 18.2 Å². The number of amides is 1. The number of hydrogen-bond donors (Lipinski definition) is 1. The van der Waals surface area contributed by atoms with Gasteiger partial charge in [0, 0.05) is 38.9 Å². The highest BCUT2D eigenvalue weighted by molar-refractivity contribution is 5.72. The first-order valence-electron chi connectivity index (χ1n) is 12.2. The summed E-state index contributed by atoms with van der Waals surface area (Å²) in [5, 5.41) is 9.25. The topological polar surface area (TPSA) is 104 Å². The maximum Gasteiger partial charge on any atom is 0.415 e. The Labute approximate surface area is 212 Å². The van der Waals surface area contributed by atoms with Gasteiger partial charge in [-0.3, -0.25) is 0 Å².